The maximum atomic E-state index is 13.1. The largest absolute Gasteiger partial charge is 0.207 e. The van der Waals surface area contributed by atoms with Gasteiger partial charge in [-0.25, -0.2) is 4.39 Å². The minimum atomic E-state index is -0.151. The van der Waals surface area contributed by atoms with E-state index in [0.29, 0.717) is 5.56 Å². The van der Waals surface area contributed by atoms with E-state index in [-0.39, 0.29) is 11.2 Å². The molecule has 1 atom stereocenters. The standard InChI is InChI=1S/C16H24ClF/c1-3-4-5-6-7-8-9-15(17)14-10-11-16(18)13(2)12-14/h10-12,15H,3-9H2,1-2H3. The van der Waals surface area contributed by atoms with Crippen LogP contribution in [0.4, 0.5) is 4.39 Å². The van der Waals surface area contributed by atoms with Crippen molar-refractivity contribution in [2.45, 2.75) is 64.2 Å². The Bertz CT molecular complexity index is 349. The minimum absolute atomic E-state index is 0.0236. The zero-order chi connectivity index (χ0) is 13.4. The molecule has 1 unspecified atom stereocenters. The predicted octanol–water partition coefficient (Wildman–Crippen LogP) is 6.16. The van der Waals surface area contributed by atoms with Gasteiger partial charge in [-0.3, -0.25) is 0 Å². The summed E-state index contributed by atoms with van der Waals surface area (Å²) in [4.78, 5) is 0. The molecule has 1 aromatic carbocycles. The van der Waals surface area contributed by atoms with Gasteiger partial charge in [0, 0.05) is 0 Å². The fourth-order valence-corrected chi connectivity index (χ4v) is 2.42. The van der Waals surface area contributed by atoms with Gasteiger partial charge >= 0.3 is 0 Å². The fraction of sp³-hybridized carbons (Fsp3) is 0.625. The number of aryl methyl sites for hydroxylation is 1. The monoisotopic (exact) mass is 270 g/mol. The molecule has 0 nitrogen and oxygen atoms in total. The number of rotatable bonds is 8. The number of alkyl halides is 1. The first kappa shape index (κ1) is 15.5. The van der Waals surface area contributed by atoms with Crippen LogP contribution in [0.25, 0.3) is 0 Å². The van der Waals surface area contributed by atoms with Crippen molar-refractivity contribution in [3.05, 3.63) is 35.1 Å². The maximum absolute atomic E-state index is 13.1. The number of hydrogen-bond donors (Lipinski definition) is 0. The van der Waals surface area contributed by atoms with Gasteiger partial charge in [-0.05, 0) is 30.5 Å². The van der Waals surface area contributed by atoms with E-state index >= 15 is 0 Å². The zero-order valence-electron chi connectivity index (χ0n) is 11.5. The van der Waals surface area contributed by atoms with Gasteiger partial charge in [0.2, 0.25) is 0 Å². The van der Waals surface area contributed by atoms with Crippen molar-refractivity contribution >= 4 is 11.6 Å². The van der Waals surface area contributed by atoms with Crippen LogP contribution in [0.15, 0.2) is 18.2 Å². The van der Waals surface area contributed by atoms with E-state index in [1.807, 2.05) is 6.07 Å². The van der Waals surface area contributed by atoms with E-state index < -0.39 is 0 Å². The van der Waals surface area contributed by atoms with Crippen molar-refractivity contribution in [3.63, 3.8) is 0 Å². The highest BCUT2D eigenvalue weighted by Crippen LogP contribution is 2.28. The highest BCUT2D eigenvalue weighted by atomic mass is 35.5. The fourth-order valence-electron chi connectivity index (χ4n) is 2.13. The van der Waals surface area contributed by atoms with Crippen LogP contribution in [0.3, 0.4) is 0 Å². The first-order chi connectivity index (χ1) is 8.65. The Morgan fingerprint density at radius 3 is 2.44 bits per heavy atom. The first-order valence-corrected chi connectivity index (χ1v) is 7.49. The van der Waals surface area contributed by atoms with E-state index in [9.17, 15) is 4.39 Å². The minimum Gasteiger partial charge on any atom is -0.207 e. The summed E-state index contributed by atoms with van der Waals surface area (Å²) in [5.41, 5.74) is 1.73. The summed E-state index contributed by atoms with van der Waals surface area (Å²) in [6, 6.07) is 5.18. The molecule has 0 spiro atoms. The lowest BCUT2D eigenvalue weighted by molar-refractivity contribution is 0.583. The smallest absolute Gasteiger partial charge is 0.126 e. The molecular weight excluding hydrogens is 247 g/mol. The normalized spacial score (nSPS) is 12.7. The Morgan fingerprint density at radius 1 is 1.11 bits per heavy atom. The van der Waals surface area contributed by atoms with Crippen LogP contribution in [0.2, 0.25) is 0 Å². The van der Waals surface area contributed by atoms with E-state index in [1.54, 1.807) is 13.0 Å². The molecule has 0 heterocycles. The molecule has 0 radical (unpaired) electrons. The van der Waals surface area contributed by atoms with Crippen LogP contribution in [0.5, 0.6) is 0 Å². The molecule has 0 saturated carbocycles. The molecule has 18 heavy (non-hydrogen) atoms. The van der Waals surface area contributed by atoms with Crippen LogP contribution in [0.1, 0.15) is 68.4 Å². The lowest BCUT2D eigenvalue weighted by Crippen LogP contribution is -1.93. The van der Waals surface area contributed by atoms with Gasteiger partial charge < -0.3 is 0 Å². The van der Waals surface area contributed by atoms with Gasteiger partial charge in [0.15, 0.2) is 0 Å². The summed E-state index contributed by atoms with van der Waals surface area (Å²) >= 11 is 6.35. The molecule has 0 bridgehead atoms. The Hall–Kier alpha value is -0.560. The van der Waals surface area contributed by atoms with E-state index in [4.69, 9.17) is 11.6 Å². The van der Waals surface area contributed by atoms with Gasteiger partial charge in [0.1, 0.15) is 5.82 Å². The van der Waals surface area contributed by atoms with Crippen LogP contribution in [-0.2, 0) is 0 Å². The van der Waals surface area contributed by atoms with Gasteiger partial charge in [-0.15, -0.1) is 11.6 Å². The molecular formula is C16H24ClF. The van der Waals surface area contributed by atoms with Crippen molar-refractivity contribution in [3.8, 4) is 0 Å². The number of unbranched alkanes of at least 4 members (excludes halogenated alkanes) is 5. The Labute approximate surface area is 116 Å². The molecule has 0 amide bonds. The van der Waals surface area contributed by atoms with Gasteiger partial charge in [-0.1, -0.05) is 57.6 Å². The molecule has 0 fully saturated rings. The van der Waals surface area contributed by atoms with E-state index in [1.165, 1.54) is 38.2 Å². The molecule has 0 aliphatic carbocycles. The molecule has 0 saturated heterocycles. The summed E-state index contributed by atoms with van der Waals surface area (Å²) in [5.74, 6) is -0.151. The molecule has 1 rings (SSSR count). The summed E-state index contributed by atoms with van der Waals surface area (Å²) in [5, 5.41) is 0.0236. The Kier molecular flexibility index (Phi) is 7.34. The van der Waals surface area contributed by atoms with Gasteiger partial charge in [0.05, 0.1) is 5.38 Å². The number of benzene rings is 1. The molecule has 2 heteroatoms. The average molecular weight is 271 g/mol. The predicted molar refractivity (Wildman–Crippen MR) is 77.7 cm³/mol. The van der Waals surface area contributed by atoms with Crippen LogP contribution in [-0.4, -0.2) is 0 Å². The summed E-state index contributed by atoms with van der Waals surface area (Å²) in [6.45, 7) is 4.01. The second-order valence-corrected chi connectivity index (χ2v) is 5.56. The van der Waals surface area contributed by atoms with Gasteiger partial charge in [0.25, 0.3) is 0 Å². The Balaban J connectivity index is 2.27. The second kappa shape index (κ2) is 8.53. The van der Waals surface area contributed by atoms with Crippen molar-refractivity contribution in [1.29, 1.82) is 0 Å². The van der Waals surface area contributed by atoms with Gasteiger partial charge in [-0.2, -0.15) is 0 Å². The van der Waals surface area contributed by atoms with Crippen molar-refractivity contribution in [1.82, 2.24) is 0 Å². The highest BCUT2D eigenvalue weighted by Gasteiger charge is 2.09. The van der Waals surface area contributed by atoms with E-state index in [2.05, 4.69) is 6.92 Å². The number of hydrogen-bond acceptors (Lipinski definition) is 0. The molecule has 102 valence electrons. The molecule has 0 aromatic heterocycles. The molecule has 1 aromatic rings. The Morgan fingerprint density at radius 2 is 1.78 bits per heavy atom. The quantitative estimate of drug-likeness (QED) is 0.392. The third-order valence-electron chi connectivity index (χ3n) is 3.35. The number of halogens is 2. The maximum Gasteiger partial charge on any atom is 0.126 e. The summed E-state index contributed by atoms with van der Waals surface area (Å²) in [6.07, 6.45) is 8.66. The lowest BCUT2D eigenvalue weighted by Gasteiger charge is -2.11. The van der Waals surface area contributed by atoms with Crippen molar-refractivity contribution in [2.24, 2.45) is 0 Å². The third kappa shape index (κ3) is 5.39. The first-order valence-electron chi connectivity index (χ1n) is 7.05. The van der Waals surface area contributed by atoms with Crippen LogP contribution < -0.4 is 0 Å². The zero-order valence-corrected chi connectivity index (χ0v) is 12.3. The van der Waals surface area contributed by atoms with Crippen LogP contribution in [0, 0.1) is 12.7 Å². The lowest BCUT2D eigenvalue weighted by atomic mass is 10.0. The SMILES string of the molecule is CCCCCCCCC(Cl)c1ccc(F)c(C)c1. The van der Waals surface area contributed by atoms with Crippen molar-refractivity contribution < 1.29 is 4.39 Å². The molecule has 0 N–H and O–H groups in total. The topological polar surface area (TPSA) is 0 Å². The molecule has 0 aliphatic heterocycles. The summed E-state index contributed by atoms with van der Waals surface area (Å²) < 4.78 is 13.1. The van der Waals surface area contributed by atoms with Crippen LogP contribution >= 0.6 is 11.6 Å². The average Bonchev–Trinajstić information content (AvgIpc) is 2.36. The van der Waals surface area contributed by atoms with Crippen molar-refractivity contribution in [2.75, 3.05) is 0 Å². The van der Waals surface area contributed by atoms with E-state index in [0.717, 1.165) is 18.4 Å². The third-order valence-corrected chi connectivity index (χ3v) is 3.83. The summed E-state index contributed by atoms with van der Waals surface area (Å²) in [7, 11) is 0. The highest BCUT2D eigenvalue weighted by molar-refractivity contribution is 6.20. The second-order valence-electron chi connectivity index (χ2n) is 5.03. The molecule has 0 aliphatic rings.